The molecule has 0 heterocycles. The van der Waals surface area contributed by atoms with Crippen LogP contribution in [0.5, 0.6) is 0 Å². The second-order valence-corrected chi connectivity index (χ2v) is 3.38. The van der Waals surface area contributed by atoms with Gasteiger partial charge in [0.25, 0.3) is 0 Å². The molecular weight excluding hydrogens is 138 g/mol. The van der Waals surface area contributed by atoms with Crippen LogP contribution in [0.4, 0.5) is 0 Å². The van der Waals surface area contributed by atoms with Crippen molar-refractivity contribution in [2.45, 2.75) is 51.6 Å². The lowest BCUT2D eigenvalue weighted by atomic mass is 10.1. The fourth-order valence-corrected chi connectivity index (χ4v) is 1.16. The number of carbonyl (C=O) groups is 1. The highest BCUT2D eigenvalue weighted by atomic mass is 16.1. The molecule has 1 rings (SSSR count). The summed E-state index contributed by atoms with van der Waals surface area (Å²) in [5, 5.41) is 3.29. The molecule has 0 spiro atoms. The van der Waals surface area contributed by atoms with Crippen molar-refractivity contribution in [3.05, 3.63) is 0 Å². The maximum Gasteiger partial charge on any atom is 0.149 e. The molecule has 0 bridgehead atoms. The van der Waals surface area contributed by atoms with Gasteiger partial charge < -0.3 is 5.32 Å². The normalized spacial score (nSPS) is 19.8. The van der Waals surface area contributed by atoms with E-state index in [0.717, 1.165) is 12.8 Å². The molecule has 11 heavy (non-hydrogen) atoms. The molecule has 1 fully saturated rings. The molecule has 1 saturated carbocycles. The molecule has 0 saturated heterocycles. The van der Waals surface area contributed by atoms with Crippen LogP contribution in [0.2, 0.25) is 0 Å². The number of nitrogens with one attached hydrogen (secondary N) is 1. The van der Waals surface area contributed by atoms with E-state index in [1.54, 1.807) is 0 Å². The molecular formula is C9H17NO. The number of hydrogen-bond acceptors (Lipinski definition) is 2. The first-order chi connectivity index (χ1) is 5.24. The number of hydrogen-bond donors (Lipinski definition) is 1. The van der Waals surface area contributed by atoms with E-state index in [0.29, 0.717) is 11.8 Å². The van der Waals surface area contributed by atoms with Crippen LogP contribution in [0.3, 0.4) is 0 Å². The molecule has 0 aliphatic heterocycles. The predicted molar refractivity (Wildman–Crippen MR) is 45.5 cm³/mol. The van der Waals surface area contributed by atoms with Gasteiger partial charge in [0.1, 0.15) is 5.78 Å². The molecule has 1 unspecified atom stereocenters. The van der Waals surface area contributed by atoms with Gasteiger partial charge >= 0.3 is 0 Å². The van der Waals surface area contributed by atoms with E-state index in [9.17, 15) is 4.79 Å². The Hall–Kier alpha value is -0.370. The van der Waals surface area contributed by atoms with E-state index in [2.05, 4.69) is 5.32 Å². The zero-order valence-corrected chi connectivity index (χ0v) is 7.39. The Kier molecular flexibility index (Phi) is 3.06. The predicted octanol–water partition coefficient (Wildman–Crippen LogP) is 1.50. The van der Waals surface area contributed by atoms with Crippen molar-refractivity contribution in [2.75, 3.05) is 0 Å². The topological polar surface area (TPSA) is 29.1 Å². The van der Waals surface area contributed by atoms with Gasteiger partial charge in [-0.3, -0.25) is 4.79 Å². The number of Topliss-reactive ketones (excluding diaryl/α,β-unsaturated/α-hetero) is 1. The van der Waals surface area contributed by atoms with Gasteiger partial charge in [0, 0.05) is 12.5 Å². The molecule has 1 atom stereocenters. The molecule has 2 heteroatoms. The molecule has 0 amide bonds. The van der Waals surface area contributed by atoms with Crippen LogP contribution in [0.25, 0.3) is 0 Å². The first kappa shape index (κ1) is 8.72. The third kappa shape index (κ3) is 3.02. The van der Waals surface area contributed by atoms with E-state index in [1.807, 2.05) is 13.8 Å². The molecule has 1 aliphatic carbocycles. The van der Waals surface area contributed by atoms with Crippen LogP contribution in [-0.2, 0) is 4.79 Å². The Morgan fingerprint density at radius 3 is 2.73 bits per heavy atom. The zero-order valence-electron chi connectivity index (χ0n) is 7.39. The summed E-state index contributed by atoms with van der Waals surface area (Å²) in [7, 11) is 0. The van der Waals surface area contributed by atoms with Crippen LogP contribution in [0.1, 0.15) is 39.5 Å². The minimum absolute atomic E-state index is 0.0856. The van der Waals surface area contributed by atoms with Crippen molar-refractivity contribution in [1.82, 2.24) is 5.32 Å². The maximum absolute atomic E-state index is 11.2. The third-order valence-electron chi connectivity index (χ3n) is 2.04. The highest BCUT2D eigenvalue weighted by Crippen LogP contribution is 2.19. The SMILES string of the molecule is CCCC(=O)C(C)NC1CC1. The molecule has 0 aromatic carbocycles. The van der Waals surface area contributed by atoms with Gasteiger partial charge in [-0.15, -0.1) is 0 Å². The van der Waals surface area contributed by atoms with E-state index in [1.165, 1.54) is 12.8 Å². The summed E-state index contributed by atoms with van der Waals surface area (Å²) >= 11 is 0. The van der Waals surface area contributed by atoms with Gasteiger partial charge in [0.15, 0.2) is 0 Å². The van der Waals surface area contributed by atoms with Gasteiger partial charge in [-0.05, 0) is 26.2 Å². The Morgan fingerprint density at radius 2 is 2.27 bits per heavy atom. The molecule has 2 nitrogen and oxygen atoms in total. The van der Waals surface area contributed by atoms with Gasteiger partial charge in [-0.2, -0.15) is 0 Å². The molecule has 0 radical (unpaired) electrons. The first-order valence-electron chi connectivity index (χ1n) is 4.52. The summed E-state index contributed by atoms with van der Waals surface area (Å²) in [6, 6.07) is 0.730. The zero-order chi connectivity index (χ0) is 8.27. The first-order valence-corrected chi connectivity index (χ1v) is 4.52. The fraction of sp³-hybridized carbons (Fsp3) is 0.889. The van der Waals surface area contributed by atoms with E-state index < -0.39 is 0 Å². The van der Waals surface area contributed by atoms with Crippen molar-refractivity contribution < 1.29 is 4.79 Å². The van der Waals surface area contributed by atoms with Crippen LogP contribution in [0, 0.1) is 0 Å². The van der Waals surface area contributed by atoms with Crippen molar-refractivity contribution in [3.63, 3.8) is 0 Å². The van der Waals surface area contributed by atoms with Crippen LogP contribution < -0.4 is 5.32 Å². The lowest BCUT2D eigenvalue weighted by Crippen LogP contribution is -2.35. The summed E-state index contributed by atoms with van der Waals surface area (Å²) in [6.45, 7) is 4.01. The molecule has 1 N–H and O–H groups in total. The minimum atomic E-state index is 0.0856. The summed E-state index contributed by atoms with van der Waals surface area (Å²) in [4.78, 5) is 11.2. The highest BCUT2D eigenvalue weighted by Gasteiger charge is 2.24. The summed E-state index contributed by atoms with van der Waals surface area (Å²) in [6.07, 6.45) is 4.20. The maximum atomic E-state index is 11.2. The van der Waals surface area contributed by atoms with Crippen LogP contribution in [0.15, 0.2) is 0 Å². The Labute approximate surface area is 68.4 Å². The quantitative estimate of drug-likeness (QED) is 0.651. The number of ketones is 1. The molecule has 1 aliphatic rings. The van der Waals surface area contributed by atoms with Crippen molar-refractivity contribution in [1.29, 1.82) is 0 Å². The molecule has 0 aromatic rings. The lowest BCUT2D eigenvalue weighted by Gasteiger charge is -2.10. The Morgan fingerprint density at radius 1 is 1.64 bits per heavy atom. The van der Waals surface area contributed by atoms with Crippen molar-refractivity contribution >= 4 is 5.78 Å². The minimum Gasteiger partial charge on any atom is -0.305 e. The summed E-state index contributed by atoms with van der Waals surface area (Å²) in [5.74, 6) is 0.361. The van der Waals surface area contributed by atoms with E-state index in [-0.39, 0.29) is 6.04 Å². The van der Waals surface area contributed by atoms with E-state index in [4.69, 9.17) is 0 Å². The van der Waals surface area contributed by atoms with Crippen LogP contribution >= 0.6 is 0 Å². The van der Waals surface area contributed by atoms with Gasteiger partial charge in [-0.25, -0.2) is 0 Å². The second kappa shape index (κ2) is 3.86. The largest absolute Gasteiger partial charge is 0.305 e. The number of rotatable bonds is 5. The average molecular weight is 155 g/mol. The summed E-state index contributed by atoms with van der Waals surface area (Å²) in [5.41, 5.74) is 0. The Bertz CT molecular complexity index is 140. The molecule has 0 aromatic heterocycles. The standard InChI is InChI=1S/C9H17NO/c1-3-4-9(11)7(2)10-8-5-6-8/h7-8,10H,3-6H2,1-2H3. The number of carbonyl (C=O) groups excluding carboxylic acids is 1. The lowest BCUT2D eigenvalue weighted by molar-refractivity contribution is -0.120. The average Bonchev–Trinajstić information content (AvgIpc) is 2.72. The van der Waals surface area contributed by atoms with Gasteiger partial charge in [0.2, 0.25) is 0 Å². The fourth-order valence-electron chi connectivity index (χ4n) is 1.16. The smallest absolute Gasteiger partial charge is 0.149 e. The van der Waals surface area contributed by atoms with Crippen LogP contribution in [-0.4, -0.2) is 17.9 Å². The Balaban J connectivity index is 2.15. The third-order valence-corrected chi connectivity index (χ3v) is 2.04. The monoisotopic (exact) mass is 155 g/mol. The highest BCUT2D eigenvalue weighted by molar-refractivity contribution is 5.83. The van der Waals surface area contributed by atoms with Crippen molar-refractivity contribution in [2.24, 2.45) is 0 Å². The summed E-state index contributed by atoms with van der Waals surface area (Å²) < 4.78 is 0. The second-order valence-electron chi connectivity index (χ2n) is 3.38. The molecule has 64 valence electrons. The van der Waals surface area contributed by atoms with Gasteiger partial charge in [0.05, 0.1) is 6.04 Å². The van der Waals surface area contributed by atoms with E-state index >= 15 is 0 Å². The van der Waals surface area contributed by atoms with Gasteiger partial charge in [-0.1, -0.05) is 6.92 Å². The van der Waals surface area contributed by atoms with Crippen molar-refractivity contribution in [3.8, 4) is 0 Å².